The van der Waals surface area contributed by atoms with Gasteiger partial charge < -0.3 is 5.11 Å². The summed E-state index contributed by atoms with van der Waals surface area (Å²) in [5.74, 6) is -1.69. The summed E-state index contributed by atoms with van der Waals surface area (Å²) in [4.78, 5) is 11.2. The highest BCUT2D eigenvalue weighted by molar-refractivity contribution is 7.89. The van der Waals surface area contributed by atoms with Gasteiger partial charge in [0.15, 0.2) is 0 Å². The van der Waals surface area contributed by atoms with Crippen molar-refractivity contribution in [2.45, 2.75) is 30.7 Å². The Labute approximate surface area is 133 Å². The molecule has 0 spiro atoms. The summed E-state index contributed by atoms with van der Waals surface area (Å²) in [6.07, 6.45) is 0.975. The highest BCUT2D eigenvalue weighted by atomic mass is 35.5. The van der Waals surface area contributed by atoms with E-state index in [0.29, 0.717) is 17.9 Å². The zero-order valence-electron chi connectivity index (χ0n) is 11.3. The summed E-state index contributed by atoms with van der Waals surface area (Å²) in [6.45, 7) is 1.89. The van der Waals surface area contributed by atoms with Gasteiger partial charge in [-0.1, -0.05) is 23.2 Å². The normalized spacial score (nSPS) is 24.0. The molecule has 0 amide bonds. The number of benzene rings is 1. The number of hydrogen-bond acceptors (Lipinski definition) is 3. The van der Waals surface area contributed by atoms with Gasteiger partial charge in [0.25, 0.3) is 0 Å². The van der Waals surface area contributed by atoms with Crippen LogP contribution in [0.5, 0.6) is 0 Å². The van der Waals surface area contributed by atoms with Crippen molar-refractivity contribution in [1.82, 2.24) is 4.31 Å². The Morgan fingerprint density at radius 3 is 2.62 bits per heavy atom. The van der Waals surface area contributed by atoms with Crippen molar-refractivity contribution in [3.63, 3.8) is 0 Å². The van der Waals surface area contributed by atoms with E-state index in [9.17, 15) is 18.3 Å². The number of carboxylic acids is 1. The molecule has 0 aromatic heterocycles. The molecule has 1 aromatic carbocycles. The van der Waals surface area contributed by atoms with Gasteiger partial charge in [0.05, 0.1) is 10.9 Å². The number of nitrogens with zero attached hydrogens (tertiary/aromatic N) is 1. The largest absolute Gasteiger partial charge is 0.481 e. The van der Waals surface area contributed by atoms with E-state index in [4.69, 9.17) is 23.2 Å². The van der Waals surface area contributed by atoms with E-state index in [-0.39, 0.29) is 16.5 Å². The van der Waals surface area contributed by atoms with Crippen molar-refractivity contribution >= 4 is 39.2 Å². The standard InChI is InChI=1S/C13H15Cl2NO4S/c1-8-10(13(17)18)3-2-6-16(8)21(19,20)12-5-4-9(14)7-11(12)15/h4-5,7-8,10H,2-3,6H2,1H3,(H,17,18)/t8-,10-/m1/s1. The fourth-order valence-electron chi connectivity index (χ4n) is 2.59. The predicted molar refractivity (Wildman–Crippen MR) is 80.2 cm³/mol. The van der Waals surface area contributed by atoms with Gasteiger partial charge in [0.1, 0.15) is 4.90 Å². The van der Waals surface area contributed by atoms with E-state index < -0.39 is 28.0 Å². The number of piperidine rings is 1. The molecule has 1 aliphatic heterocycles. The first kappa shape index (κ1) is 16.5. The number of rotatable bonds is 3. The molecule has 116 valence electrons. The molecule has 0 radical (unpaired) electrons. The molecule has 1 aromatic rings. The average Bonchev–Trinajstić information content (AvgIpc) is 2.37. The van der Waals surface area contributed by atoms with E-state index >= 15 is 0 Å². The van der Waals surface area contributed by atoms with Crippen molar-refractivity contribution in [3.05, 3.63) is 28.2 Å². The smallest absolute Gasteiger partial charge is 0.308 e. The van der Waals surface area contributed by atoms with E-state index in [0.717, 1.165) is 0 Å². The maximum atomic E-state index is 12.7. The van der Waals surface area contributed by atoms with Crippen LogP contribution in [-0.4, -0.2) is 36.4 Å². The minimum absolute atomic E-state index is 0.0344. The number of carbonyl (C=O) groups is 1. The third kappa shape index (κ3) is 3.18. The Balaban J connectivity index is 2.41. The van der Waals surface area contributed by atoms with Crippen LogP contribution < -0.4 is 0 Å². The molecule has 5 nitrogen and oxygen atoms in total. The summed E-state index contributed by atoms with van der Waals surface area (Å²) in [7, 11) is -3.85. The Bertz CT molecular complexity index is 662. The lowest BCUT2D eigenvalue weighted by Crippen LogP contribution is -2.49. The molecule has 0 bridgehead atoms. The van der Waals surface area contributed by atoms with Gasteiger partial charge in [-0.3, -0.25) is 4.79 Å². The third-order valence-corrected chi connectivity index (χ3v) is 6.43. The second-order valence-electron chi connectivity index (χ2n) is 5.02. The van der Waals surface area contributed by atoms with Gasteiger partial charge >= 0.3 is 5.97 Å². The number of hydrogen-bond donors (Lipinski definition) is 1. The molecular formula is C13H15Cl2NO4S. The molecule has 21 heavy (non-hydrogen) atoms. The second kappa shape index (κ2) is 6.12. The molecule has 1 N–H and O–H groups in total. The number of sulfonamides is 1. The molecular weight excluding hydrogens is 337 g/mol. The van der Waals surface area contributed by atoms with Crippen LogP contribution in [0.25, 0.3) is 0 Å². The lowest BCUT2D eigenvalue weighted by molar-refractivity contribution is -0.144. The molecule has 1 heterocycles. The van der Waals surface area contributed by atoms with Gasteiger partial charge in [-0.2, -0.15) is 4.31 Å². The third-order valence-electron chi connectivity index (χ3n) is 3.73. The Morgan fingerprint density at radius 2 is 2.05 bits per heavy atom. The molecule has 1 fully saturated rings. The van der Waals surface area contributed by atoms with Gasteiger partial charge in [-0.25, -0.2) is 8.42 Å². The molecule has 0 unspecified atom stereocenters. The first-order chi connectivity index (χ1) is 9.75. The summed E-state index contributed by atoms with van der Waals surface area (Å²) in [5, 5.41) is 9.56. The Morgan fingerprint density at radius 1 is 1.38 bits per heavy atom. The maximum Gasteiger partial charge on any atom is 0.308 e. The lowest BCUT2D eigenvalue weighted by Gasteiger charge is -2.36. The van der Waals surface area contributed by atoms with Crippen molar-refractivity contribution in [2.75, 3.05) is 6.54 Å². The Kier molecular flexibility index (Phi) is 4.82. The second-order valence-corrected chi connectivity index (χ2v) is 7.72. The predicted octanol–water partition coefficient (Wildman–Crippen LogP) is 2.87. The van der Waals surface area contributed by atoms with Crippen LogP contribution in [0.15, 0.2) is 23.1 Å². The molecule has 1 aliphatic rings. The van der Waals surface area contributed by atoms with Crippen molar-refractivity contribution < 1.29 is 18.3 Å². The molecule has 8 heteroatoms. The summed E-state index contributed by atoms with van der Waals surface area (Å²) in [5.41, 5.74) is 0. The highest BCUT2D eigenvalue weighted by Crippen LogP contribution is 2.33. The fourth-order valence-corrected chi connectivity index (χ4v) is 5.05. The number of halogens is 2. The first-order valence-corrected chi connectivity index (χ1v) is 8.64. The van der Waals surface area contributed by atoms with Crippen LogP contribution in [0.2, 0.25) is 10.0 Å². The molecule has 1 saturated heterocycles. The van der Waals surface area contributed by atoms with Crippen LogP contribution in [0.1, 0.15) is 19.8 Å². The maximum absolute atomic E-state index is 12.7. The van der Waals surface area contributed by atoms with Crippen LogP contribution in [0.4, 0.5) is 0 Å². The molecule has 2 atom stereocenters. The molecule has 0 saturated carbocycles. The van der Waals surface area contributed by atoms with E-state index in [1.165, 1.54) is 22.5 Å². The molecule has 2 rings (SSSR count). The van der Waals surface area contributed by atoms with E-state index in [2.05, 4.69) is 0 Å². The van der Waals surface area contributed by atoms with Gasteiger partial charge in [-0.05, 0) is 38.0 Å². The van der Waals surface area contributed by atoms with Crippen LogP contribution in [0, 0.1) is 5.92 Å². The Hall–Kier alpha value is -0.820. The SMILES string of the molecule is C[C@@H]1[C@H](C(=O)O)CCCN1S(=O)(=O)c1ccc(Cl)cc1Cl. The van der Waals surface area contributed by atoms with Crippen LogP contribution >= 0.6 is 23.2 Å². The summed E-state index contributed by atoms with van der Waals surface area (Å²) in [6, 6.07) is 3.54. The van der Waals surface area contributed by atoms with E-state index in [1.54, 1.807) is 6.92 Å². The van der Waals surface area contributed by atoms with Crippen LogP contribution in [-0.2, 0) is 14.8 Å². The van der Waals surface area contributed by atoms with Crippen LogP contribution in [0.3, 0.4) is 0 Å². The van der Waals surface area contributed by atoms with Gasteiger partial charge in [0, 0.05) is 17.6 Å². The minimum Gasteiger partial charge on any atom is -0.481 e. The van der Waals surface area contributed by atoms with E-state index in [1.807, 2.05) is 0 Å². The van der Waals surface area contributed by atoms with Gasteiger partial charge in [0.2, 0.25) is 10.0 Å². The van der Waals surface area contributed by atoms with Crippen molar-refractivity contribution in [3.8, 4) is 0 Å². The summed E-state index contributed by atoms with van der Waals surface area (Å²) < 4.78 is 26.6. The molecule has 0 aliphatic carbocycles. The zero-order valence-corrected chi connectivity index (χ0v) is 13.6. The average molecular weight is 352 g/mol. The van der Waals surface area contributed by atoms with Gasteiger partial charge in [-0.15, -0.1) is 0 Å². The quantitative estimate of drug-likeness (QED) is 0.908. The van der Waals surface area contributed by atoms with Crippen molar-refractivity contribution in [1.29, 1.82) is 0 Å². The summed E-state index contributed by atoms with van der Waals surface area (Å²) >= 11 is 11.7. The first-order valence-electron chi connectivity index (χ1n) is 6.45. The zero-order chi connectivity index (χ0) is 15.8. The minimum atomic E-state index is -3.85. The monoisotopic (exact) mass is 351 g/mol. The topological polar surface area (TPSA) is 74.7 Å². The van der Waals surface area contributed by atoms with Crippen molar-refractivity contribution in [2.24, 2.45) is 5.92 Å². The number of carboxylic acid groups (broad SMARTS) is 1. The highest BCUT2D eigenvalue weighted by Gasteiger charge is 2.40. The fraction of sp³-hybridized carbons (Fsp3) is 0.462. The number of aliphatic carboxylic acids is 1. The lowest BCUT2D eigenvalue weighted by atomic mass is 9.92.